The van der Waals surface area contributed by atoms with Crippen LogP contribution in [-0.4, -0.2) is 0 Å². The smallest absolute Gasteiger partial charge is 0.135 e. The summed E-state index contributed by atoms with van der Waals surface area (Å²) in [4.78, 5) is 0. The molecule has 1 nitrogen and oxygen atoms in total. The summed E-state index contributed by atoms with van der Waals surface area (Å²) in [5, 5.41) is 12.8. The maximum absolute atomic E-state index is 6.46. The molecule has 8 aromatic carbocycles. The molecule has 0 saturated heterocycles. The second-order valence-corrected chi connectivity index (χ2v) is 11.5. The van der Waals surface area contributed by atoms with Crippen LogP contribution in [0.25, 0.3) is 87.3 Å². The summed E-state index contributed by atoms with van der Waals surface area (Å²) in [5.74, 6) is 0. The van der Waals surface area contributed by atoms with Crippen LogP contribution in [0.15, 0.2) is 144 Å². The number of rotatable bonds is 2. The first-order valence-corrected chi connectivity index (χ1v) is 14.6. The molecule has 0 N–H and O–H groups in total. The van der Waals surface area contributed by atoms with Gasteiger partial charge in [-0.2, -0.15) is 0 Å². The van der Waals surface area contributed by atoms with E-state index in [0.29, 0.717) is 0 Å². The van der Waals surface area contributed by atoms with Gasteiger partial charge in [-0.05, 0) is 102 Å². The highest BCUT2D eigenvalue weighted by molar-refractivity contribution is 6.32. The van der Waals surface area contributed by atoms with Gasteiger partial charge in [0, 0.05) is 15.8 Å². The van der Waals surface area contributed by atoms with E-state index in [1.807, 2.05) is 18.2 Å². The minimum Gasteiger partial charge on any atom is -0.456 e. The van der Waals surface area contributed by atoms with Crippen LogP contribution in [-0.2, 0) is 0 Å². The molecule has 0 saturated carbocycles. The van der Waals surface area contributed by atoms with Gasteiger partial charge in [-0.3, -0.25) is 0 Å². The van der Waals surface area contributed by atoms with Crippen LogP contribution in [0.2, 0.25) is 5.02 Å². The number of hydrogen-bond acceptors (Lipinski definition) is 1. The van der Waals surface area contributed by atoms with Crippen molar-refractivity contribution in [3.05, 3.63) is 145 Å². The molecule has 0 amide bonds. The third-order valence-corrected chi connectivity index (χ3v) is 8.92. The van der Waals surface area contributed by atoms with Crippen molar-refractivity contribution in [2.45, 2.75) is 0 Å². The van der Waals surface area contributed by atoms with Crippen molar-refractivity contribution in [3.8, 4) is 22.3 Å². The van der Waals surface area contributed by atoms with Gasteiger partial charge in [0.25, 0.3) is 0 Å². The van der Waals surface area contributed by atoms with Crippen LogP contribution in [0.5, 0.6) is 0 Å². The third kappa shape index (κ3) is 3.44. The molecule has 9 aromatic rings. The van der Waals surface area contributed by atoms with Crippen molar-refractivity contribution >= 4 is 76.6 Å². The molecule has 0 bridgehead atoms. The fourth-order valence-corrected chi connectivity index (χ4v) is 6.98. The van der Waals surface area contributed by atoms with Crippen molar-refractivity contribution < 1.29 is 4.42 Å². The van der Waals surface area contributed by atoms with E-state index in [0.717, 1.165) is 27.0 Å². The van der Waals surface area contributed by atoms with Gasteiger partial charge in [-0.15, -0.1) is 0 Å². The summed E-state index contributed by atoms with van der Waals surface area (Å²) in [6.45, 7) is 0. The Balaban J connectivity index is 1.38. The molecule has 1 aromatic heterocycles. The Morgan fingerprint density at radius 1 is 0.357 bits per heavy atom. The average Bonchev–Trinajstić information content (AvgIpc) is 3.41. The Morgan fingerprint density at radius 3 is 1.45 bits per heavy atom. The highest BCUT2D eigenvalue weighted by Gasteiger charge is 2.18. The van der Waals surface area contributed by atoms with Crippen molar-refractivity contribution in [1.82, 2.24) is 0 Å². The molecule has 0 aliphatic carbocycles. The first-order chi connectivity index (χ1) is 20.7. The Bertz CT molecular complexity index is 2480. The first kappa shape index (κ1) is 23.6. The number of halogens is 1. The number of para-hydroxylation sites is 1. The molecule has 0 aliphatic heterocycles. The Hall–Kier alpha value is -5.11. The fraction of sp³-hybridized carbons (Fsp3) is 0. The normalized spacial score (nSPS) is 11.9. The molecule has 1 heterocycles. The highest BCUT2D eigenvalue weighted by atomic mass is 35.5. The van der Waals surface area contributed by atoms with Gasteiger partial charge in [-0.1, -0.05) is 115 Å². The van der Waals surface area contributed by atoms with Crippen molar-refractivity contribution in [3.63, 3.8) is 0 Å². The van der Waals surface area contributed by atoms with Gasteiger partial charge in [0.2, 0.25) is 0 Å². The lowest BCUT2D eigenvalue weighted by atomic mass is 9.85. The minimum absolute atomic E-state index is 0.753. The second kappa shape index (κ2) is 8.94. The van der Waals surface area contributed by atoms with Crippen molar-refractivity contribution in [2.24, 2.45) is 0 Å². The Morgan fingerprint density at radius 2 is 0.810 bits per heavy atom. The zero-order chi connectivity index (χ0) is 27.8. The number of benzene rings is 8. The zero-order valence-electron chi connectivity index (χ0n) is 22.6. The average molecular weight is 555 g/mol. The molecule has 0 aliphatic rings. The van der Waals surface area contributed by atoms with Crippen LogP contribution in [0.4, 0.5) is 0 Å². The molecule has 42 heavy (non-hydrogen) atoms. The second-order valence-electron chi connectivity index (χ2n) is 11.0. The third-order valence-electron chi connectivity index (χ3n) is 8.69. The first-order valence-electron chi connectivity index (χ1n) is 14.2. The topological polar surface area (TPSA) is 13.1 Å². The summed E-state index contributed by atoms with van der Waals surface area (Å²) in [6, 6.07) is 49.8. The number of hydrogen-bond donors (Lipinski definition) is 0. The molecule has 0 fully saturated rings. The van der Waals surface area contributed by atoms with E-state index in [2.05, 4.69) is 121 Å². The molecule has 0 atom stereocenters. The monoisotopic (exact) mass is 554 g/mol. The van der Waals surface area contributed by atoms with E-state index >= 15 is 0 Å². The summed E-state index contributed by atoms with van der Waals surface area (Å²) in [5.41, 5.74) is 6.71. The number of furan rings is 1. The van der Waals surface area contributed by atoms with E-state index < -0.39 is 0 Å². The molecule has 9 rings (SSSR count). The lowest BCUT2D eigenvalue weighted by molar-refractivity contribution is 0.669. The van der Waals surface area contributed by atoms with Crippen LogP contribution in [0, 0.1) is 0 Å². The largest absolute Gasteiger partial charge is 0.456 e. The Kier molecular flexibility index (Phi) is 5.02. The molecule has 0 spiro atoms. The predicted molar refractivity (Wildman–Crippen MR) is 180 cm³/mol. The fourth-order valence-electron chi connectivity index (χ4n) is 6.81. The van der Waals surface area contributed by atoms with Crippen LogP contribution < -0.4 is 0 Å². The van der Waals surface area contributed by atoms with Crippen LogP contribution in [0.1, 0.15) is 0 Å². The molecule has 196 valence electrons. The lowest BCUT2D eigenvalue weighted by Gasteiger charge is -2.18. The van der Waals surface area contributed by atoms with Gasteiger partial charge in [0.15, 0.2) is 0 Å². The lowest BCUT2D eigenvalue weighted by Crippen LogP contribution is -1.91. The van der Waals surface area contributed by atoms with E-state index in [1.165, 1.54) is 65.3 Å². The van der Waals surface area contributed by atoms with Gasteiger partial charge in [-0.25, -0.2) is 0 Å². The summed E-state index contributed by atoms with van der Waals surface area (Å²) in [7, 11) is 0. The van der Waals surface area contributed by atoms with E-state index in [9.17, 15) is 0 Å². The summed E-state index contributed by atoms with van der Waals surface area (Å²) < 4.78 is 6.16. The van der Waals surface area contributed by atoms with E-state index in [-0.39, 0.29) is 0 Å². The van der Waals surface area contributed by atoms with E-state index in [4.69, 9.17) is 16.0 Å². The zero-order valence-corrected chi connectivity index (χ0v) is 23.3. The SMILES string of the molecule is Clc1ccc2ccc3ccc(-c4c5ccccc5c(-c5ccc6oc7ccccc7c6c5)c5ccccc45)cc3c2c1. The van der Waals surface area contributed by atoms with Crippen LogP contribution >= 0.6 is 11.6 Å². The van der Waals surface area contributed by atoms with Gasteiger partial charge in [0.05, 0.1) is 0 Å². The van der Waals surface area contributed by atoms with Crippen LogP contribution in [0.3, 0.4) is 0 Å². The maximum atomic E-state index is 6.46. The predicted octanol–water partition coefficient (Wildman–Crippen LogP) is 12.2. The standard InChI is InChI=1S/C40H23ClO/c41-28-19-17-25-14-13-24-15-16-26(21-34(24)35(25)23-28)39-30-8-1-3-10-32(30)40(33-11-4-2-9-31(33)39)27-18-20-38-36(22-27)29-7-5-6-12-37(29)42-38/h1-23H. The molecular formula is C40H23ClO. The van der Waals surface area contributed by atoms with Crippen molar-refractivity contribution in [2.75, 3.05) is 0 Å². The molecule has 0 radical (unpaired) electrons. The van der Waals surface area contributed by atoms with Gasteiger partial charge >= 0.3 is 0 Å². The molecule has 2 heteroatoms. The molecule has 0 unspecified atom stereocenters. The Labute approximate surface area is 247 Å². The highest BCUT2D eigenvalue weighted by Crippen LogP contribution is 2.45. The maximum Gasteiger partial charge on any atom is 0.135 e. The quantitative estimate of drug-likeness (QED) is 0.153. The summed E-state index contributed by atoms with van der Waals surface area (Å²) >= 11 is 6.46. The molecular weight excluding hydrogens is 532 g/mol. The van der Waals surface area contributed by atoms with Gasteiger partial charge < -0.3 is 4.42 Å². The van der Waals surface area contributed by atoms with E-state index in [1.54, 1.807) is 0 Å². The van der Waals surface area contributed by atoms with Crippen molar-refractivity contribution in [1.29, 1.82) is 0 Å². The van der Waals surface area contributed by atoms with Gasteiger partial charge in [0.1, 0.15) is 11.2 Å². The number of fused-ring (bicyclic) bond motifs is 8. The summed E-state index contributed by atoms with van der Waals surface area (Å²) in [6.07, 6.45) is 0. The minimum atomic E-state index is 0.753.